The molecule has 23 heavy (non-hydrogen) atoms. The molecule has 1 unspecified atom stereocenters. The van der Waals surface area contributed by atoms with Gasteiger partial charge in [-0.25, -0.2) is 14.8 Å². The van der Waals surface area contributed by atoms with Crippen LogP contribution < -0.4 is 5.32 Å². The van der Waals surface area contributed by atoms with Crippen LogP contribution in [0.25, 0.3) is 0 Å². The van der Waals surface area contributed by atoms with E-state index in [1.54, 1.807) is 14.1 Å². The molecule has 0 bridgehead atoms. The average Bonchev–Trinajstić information content (AvgIpc) is 2.55. The zero-order valence-corrected chi connectivity index (χ0v) is 12.9. The van der Waals surface area contributed by atoms with Crippen molar-refractivity contribution in [2.24, 2.45) is 0 Å². The fourth-order valence-electron chi connectivity index (χ4n) is 2.05. The number of aromatic nitrogens is 2. The number of aromatic carboxylic acids is 1. The molecule has 0 aliphatic heterocycles. The van der Waals surface area contributed by atoms with Crippen molar-refractivity contribution in [1.82, 2.24) is 14.9 Å². The van der Waals surface area contributed by atoms with Gasteiger partial charge in [-0.1, -0.05) is 30.3 Å². The second-order valence-electron chi connectivity index (χ2n) is 5.21. The highest BCUT2D eigenvalue weighted by Crippen LogP contribution is 2.10. The third-order valence-electron chi connectivity index (χ3n) is 3.21. The number of nitrogens with one attached hydrogen (secondary N) is 1. The van der Waals surface area contributed by atoms with Gasteiger partial charge in [-0.2, -0.15) is 0 Å². The summed E-state index contributed by atoms with van der Waals surface area (Å²) in [5, 5.41) is 11.8. The molecule has 0 saturated heterocycles. The van der Waals surface area contributed by atoms with Gasteiger partial charge in [0.1, 0.15) is 11.9 Å². The standard InChI is InChI=1S/C16H18N4O3/c1-20(2)15(21)12(8-11-6-4-3-5-7-11)19-14-10-17-13(9-18-14)16(22)23/h3-7,9-10,12H,8H2,1-2H3,(H,18,19)(H,22,23). The second-order valence-corrected chi connectivity index (χ2v) is 5.21. The normalized spacial score (nSPS) is 11.6. The molecule has 0 radical (unpaired) electrons. The first-order chi connectivity index (χ1) is 11.0. The van der Waals surface area contributed by atoms with Gasteiger partial charge in [0.25, 0.3) is 0 Å². The van der Waals surface area contributed by atoms with Crippen molar-refractivity contribution >= 4 is 17.7 Å². The van der Waals surface area contributed by atoms with E-state index < -0.39 is 12.0 Å². The third kappa shape index (κ3) is 4.50. The number of hydrogen-bond donors (Lipinski definition) is 2. The van der Waals surface area contributed by atoms with Crippen LogP contribution in [0.5, 0.6) is 0 Å². The van der Waals surface area contributed by atoms with Crippen LogP contribution in [0.2, 0.25) is 0 Å². The van der Waals surface area contributed by atoms with Crippen molar-refractivity contribution in [3.05, 3.63) is 54.0 Å². The fraction of sp³-hybridized carbons (Fsp3) is 0.250. The number of amides is 1. The summed E-state index contributed by atoms with van der Waals surface area (Å²) >= 11 is 0. The van der Waals surface area contributed by atoms with Gasteiger partial charge in [-0.3, -0.25) is 4.79 Å². The van der Waals surface area contributed by atoms with E-state index in [-0.39, 0.29) is 11.6 Å². The Morgan fingerprint density at radius 2 is 1.87 bits per heavy atom. The maximum absolute atomic E-state index is 12.3. The van der Waals surface area contributed by atoms with E-state index in [2.05, 4.69) is 15.3 Å². The highest BCUT2D eigenvalue weighted by Gasteiger charge is 2.21. The molecule has 1 aromatic carbocycles. The van der Waals surface area contributed by atoms with Crippen LogP contribution in [0.1, 0.15) is 16.1 Å². The number of likely N-dealkylation sites (N-methyl/N-ethyl adjacent to an activating group) is 1. The van der Waals surface area contributed by atoms with Crippen molar-refractivity contribution in [2.75, 3.05) is 19.4 Å². The molecule has 1 aromatic heterocycles. The molecule has 7 heteroatoms. The lowest BCUT2D eigenvalue weighted by Crippen LogP contribution is -2.40. The van der Waals surface area contributed by atoms with Crippen LogP contribution in [0.4, 0.5) is 5.82 Å². The van der Waals surface area contributed by atoms with Crippen molar-refractivity contribution in [3.63, 3.8) is 0 Å². The third-order valence-corrected chi connectivity index (χ3v) is 3.21. The Kier molecular flexibility index (Phi) is 5.24. The summed E-state index contributed by atoms with van der Waals surface area (Å²) < 4.78 is 0. The van der Waals surface area contributed by atoms with Gasteiger partial charge in [0.2, 0.25) is 5.91 Å². The van der Waals surface area contributed by atoms with E-state index in [1.807, 2.05) is 30.3 Å². The van der Waals surface area contributed by atoms with Crippen molar-refractivity contribution in [3.8, 4) is 0 Å². The van der Waals surface area contributed by atoms with Crippen LogP contribution in [0, 0.1) is 0 Å². The Morgan fingerprint density at radius 1 is 1.17 bits per heavy atom. The average molecular weight is 314 g/mol. The molecule has 120 valence electrons. The van der Waals surface area contributed by atoms with E-state index >= 15 is 0 Å². The van der Waals surface area contributed by atoms with Crippen LogP contribution in [0.15, 0.2) is 42.7 Å². The zero-order valence-electron chi connectivity index (χ0n) is 12.9. The number of carbonyl (C=O) groups excluding carboxylic acids is 1. The lowest BCUT2D eigenvalue weighted by Gasteiger charge is -2.22. The van der Waals surface area contributed by atoms with Crippen molar-refractivity contribution in [2.45, 2.75) is 12.5 Å². The highest BCUT2D eigenvalue weighted by molar-refractivity contribution is 5.85. The number of rotatable bonds is 6. The van der Waals surface area contributed by atoms with Crippen LogP contribution in [-0.2, 0) is 11.2 Å². The predicted molar refractivity (Wildman–Crippen MR) is 85.2 cm³/mol. The van der Waals surface area contributed by atoms with E-state index in [4.69, 9.17) is 5.11 Å². The number of benzene rings is 1. The topological polar surface area (TPSA) is 95.4 Å². The van der Waals surface area contributed by atoms with Crippen LogP contribution in [0.3, 0.4) is 0 Å². The molecule has 2 aromatic rings. The first-order valence-corrected chi connectivity index (χ1v) is 7.04. The number of carboxylic acid groups (broad SMARTS) is 1. The number of carboxylic acids is 1. The Morgan fingerprint density at radius 3 is 2.39 bits per heavy atom. The molecule has 0 saturated carbocycles. The molecule has 1 atom stereocenters. The first-order valence-electron chi connectivity index (χ1n) is 7.04. The monoisotopic (exact) mass is 314 g/mol. The maximum atomic E-state index is 12.3. The summed E-state index contributed by atoms with van der Waals surface area (Å²) in [6.07, 6.45) is 2.95. The molecular weight excluding hydrogens is 296 g/mol. The summed E-state index contributed by atoms with van der Waals surface area (Å²) in [7, 11) is 3.36. The molecule has 2 rings (SSSR count). The van der Waals surface area contributed by atoms with Gasteiger partial charge in [-0.05, 0) is 5.56 Å². The highest BCUT2D eigenvalue weighted by atomic mass is 16.4. The largest absolute Gasteiger partial charge is 0.476 e. The number of anilines is 1. The zero-order chi connectivity index (χ0) is 16.8. The second kappa shape index (κ2) is 7.35. The fourth-order valence-corrected chi connectivity index (χ4v) is 2.05. The quantitative estimate of drug-likeness (QED) is 0.834. The Labute approximate surface area is 134 Å². The minimum Gasteiger partial charge on any atom is -0.476 e. The smallest absolute Gasteiger partial charge is 0.356 e. The molecule has 0 spiro atoms. The molecule has 0 aliphatic carbocycles. The Hall–Kier alpha value is -2.96. The Bertz CT molecular complexity index is 671. The summed E-state index contributed by atoms with van der Waals surface area (Å²) in [4.78, 5) is 32.4. The van der Waals surface area contributed by atoms with Gasteiger partial charge < -0.3 is 15.3 Å². The van der Waals surface area contributed by atoms with Gasteiger partial charge in [0, 0.05) is 20.5 Å². The van der Waals surface area contributed by atoms with E-state index in [0.717, 1.165) is 11.8 Å². The lowest BCUT2D eigenvalue weighted by atomic mass is 10.1. The van der Waals surface area contributed by atoms with Crippen LogP contribution in [-0.4, -0.2) is 52.0 Å². The van der Waals surface area contributed by atoms with E-state index in [1.165, 1.54) is 11.1 Å². The number of nitrogens with zero attached hydrogens (tertiary/aromatic N) is 3. The first kappa shape index (κ1) is 16.4. The van der Waals surface area contributed by atoms with Crippen LogP contribution >= 0.6 is 0 Å². The van der Waals surface area contributed by atoms with Gasteiger partial charge in [-0.15, -0.1) is 0 Å². The molecule has 0 fully saturated rings. The number of hydrogen-bond acceptors (Lipinski definition) is 5. The molecule has 0 aliphatic rings. The Balaban J connectivity index is 2.17. The summed E-state index contributed by atoms with van der Waals surface area (Å²) in [6, 6.07) is 9.10. The summed E-state index contributed by atoms with van der Waals surface area (Å²) in [5.41, 5.74) is 0.865. The number of carbonyl (C=O) groups is 2. The maximum Gasteiger partial charge on any atom is 0.356 e. The minimum atomic E-state index is -1.14. The van der Waals surface area contributed by atoms with Crippen molar-refractivity contribution in [1.29, 1.82) is 0 Å². The molecular formula is C16H18N4O3. The molecule has 1 heterocycles. The SMILES string of the molecule is CN(C)C(=O)C(Cc1ccccc1)Nc1cnc(C(=O)O)cn1. The van der Waals surface area contributed by atoms with E-state index in [9.17, 15) is 9.59 Å². The van der Waals surface area contributed by atoms with Crippen molar-refractivity contribution < 1.29 is 14.7 Å². The van der Waals surface area contributed by atoms with Gasteiger partial charge >= 0.3 is 5.97 Å². The van der Waals surface area contributed by atoms with Gasteiger partial charge in [0.05, 0.1) is 12.4 Å². The molecule has 2 N–H and O–H groups in total. The summed E-state index contributed by atoms with van der Waals surface area (Å²) in [6.45, 7) is 0. The predicted octanol–water partition coefficient (Wildman–Crippen LogP) is 1.29. The lowest BCUT2D eigenvalue weighted by molar-refractivity contribution is -0.129. The molecule has 1 amide bonds. The van der Waals surface area contributed by atoms with E-state index in [0.29, 0.717) is 12.2 Å². The summed E-state index contributed by atoms with van der Waals surface area (Å²) in [5.74, 6) is -0.890. The van der Waals surface area contributed by atoms with Gasteiger partial charge in [0.15, 0.2) is 5.69 Å². The minimum absolute atomic E-state index is 0.0991. The molecule has 7 nitrogen and oxygen atoms in total.